The van der Waals surface area contributed by atoms with Gasteiger partial charge < -0.3 is 19.3 Å². The molecule has 2 aromatic rings. The van der Waals surface area contributed by atoms with Crippen molar-refractivity contribution in [1.29, 1.82) is 0 Å². The van der Waals surface area contributed by atoms with Crippen molar-refractivity contribution in [2.24, 2.45) is 0 Å². The average molecular weight is 480 g/mol. The second-order valence-electron chi connectivity index (χ2n) is 9.39. The topological polar surface area (TPSA) is 54.9 Å². The van der Waals surface area contributed by atoms with E-state index in [2.05, 4.69) is 4.98 Å². The zero-order chi connectivity index (χ0) is 25.1. The molecule has 1 saturated heterocycles. The van der Waals surface area contributed by atoms with Gasteiger partial charge in [-0.25, -0.2) is 4.79 Å². The Morgan fingerprint density at radius 2 is 1.85 bits per heavy atom. The summed E-state index contributed by atoms with van der Waals surface area (Å²) in [4.78, 5) is 20.6. The fraction of sp³-hybridized carbons (Fsp3) is 0.520. The molecule has 2 unspecified atom stereocenters. The molecule has 34 heavy (non-hydrogen) atoms. The van der Waals surface area contributed by atoms with E-state index in [1.54, 1.807) is 23.4 Å². The van der Waals surface area contributed by atoms with E-state index in [-0.39, 0.29) is 18.2 Å². The molecule has 1 aliphatic heterocycles. The van der Waals surface area contributed by atoms with Gasteiger partial charge in [0.15, 0.2) is 0 Å². The molecule has 0 saturated carbocycles. The third kappa shape index (κ3) is 6.12. The molecule has 3 rings (SSSR count). The van der Waals surface area contributed by atoms with Crippen LogP contribution in [-0.4, -0.2) is 46.8 Å². The van der Waals surface area contributed by atoms with Crippen LogP contribution in [0.15, 0.2) is 42.7 Å². The number of pyridine rings is 1. The first-order valence-corrected chi connectivity index (χ1v) is 11.4. The van der Waals surface area contributed by atoms with Crippen LogP contribution < -0.4 is 9.64 Å². The highest BCUT2D eigenvalue weighted by atomic mass is 19.4. The van der Waals surface area contributed by atoms with Crippen molar-refractivity contribution in [3.63, 3.8) is 0 Å². The number of hydrogen-bond donors (Lipinski definition) is 0. The quantitative estimate of drug-likeness (QED) is 0.495. The van der Waals surface area contributed by atoms with Crippen LogP contribution in [0.1, 0.15) is 53.0 Å². The monoisotopic (exact) mass is 479 g/mol. The number of amides is 1. The molecule has 2 atom stereocenters. The summed E-state index contributed by atoms with van der Waals surface area (Å²) >= 11 is 0. The number of piperidine rings is 1. The maximum Gasteiger partial charge on any atom is 0.416 e. The Morgan fingerprint density at radius 1 is 1.18 bits per heavy atom. The average Bonchev–Trinajstić information content (AvgIpc) is 2.74. The summed E-state index contributed by atoms with van der Waals surface area (Å²) in [6.45, 7) is 10.2. The zero-order valence-corrected chi connectivity index (χ0v) is 20.2. The Balaban J connectivity index is 1.94. The zero-order valence-electron chi connectivity index (χ0n) is 20.2. The molecule has 1 fully saturated rings. The molecule has 1 aromatic heterocycles. The van der Waals surface area contributed by atoms with Gasteiger partial charge in [0.2, 0.25) is 0 Å². The van der Waals surface area contributed by atoms with Crippen LogP contribution in [0.4, 0.5) is 29.3 Å². The number of carbonyl (C=O) groups excluding carboxylic acids is 1. The normalized spacial score (nSPS) is 19.0. The Kier molecular flexibility index (Phi) is 7.63. The minimum absolute atomic E-state index is 0.0890. The highest BCUT2D eigenvalue weighted by Crippen LogP contribution is 2.40. The van der Waals surface area contributed by atoms with E-state index in [9.17, 15) is 18.0 Å². The van der Waals surface area contributed by atoms with Gasteiger partial charge in [-0.3, -0.25) is 4.98 Å². The first-order chi connectivity index (χ1) is 15.9. The summed E-state index contributed by atoms with van der Waals surface area (Å²) < 4.78 is 50.8. The van der Waals surface area contributed by atoms with Gasteiger partial charge in [0, 0.05) is 36.6 Å². The fourth-order valence-electron chi connectivity index (χ4n) is 4.16. The van der Waals surface area contributed by atoms with Gasteiger partial charge in [-0.15, -0.1) is 0 Å². The molecular formula is C25H32F3N3O3. The molecule has 1 aliphatic rings. The van der Waals surface area contributed by atoms with E-state index < -0.39 is 17.3 Å². The number of anilines is 2. The summed E-state index contributed by atoms with van der Waals surface area (Å²) in [7, 11) is 0. The predicted molar refractivity (Wildman–Crippen MR) is 124 cm³/mol. The van der Waals surface area contributed by atoms with Gasteiger partial charge in [0.25, 0.3) is 0 Å². The molecule has 6 nitrogen and oxygen atoms in total. The molecular weight excluding hydrogens is 447 g/mol. The molecule has 9 heteroatoms. The Bertz CT molecular complexity index is 974. The largest absolute Gasteiger partial charge is 0.492 e. The molecule has 186 valence electrons. The van der Waals surface area contributed by atoms with E-state index in [0.29, 0.717) is 43.1 Å². The molecule has 1 amide bonds. The lowest BCUT2D eigenvalue weighted by atomic mass is 9.95. The number of hydrogen-bond acceptors (Lipinski definition) is 5. The molecule has 2 heterocycles. The summed E-state index contributed by atoms with van der Waals surface area (Å²) in [5, 5.41) is 0. The fourth-order valence-corrected chi connectivity index (χ4v) is 4.16. The number of nitrogens with zero attached hydrogens (tertiary/aromatic N) is 3. The third-order valence-corrected chi connectivity index (χ3v) is 5.64. The maximum absolute atomic E-state index is 13.2. The smallest absolute Gasteiger partial charge is 0.416 e. The van der Waals surface area contributed by atoms with Gasteiger partial charge in [0.1, 0.15) is 17.0 Å². The number of aromatic nitrogens is 1. The van der Waals surface area contributed by atoms with Crippen molar-refractivity contribution in [1.82, 2.24) is 9.88 Å². The second-order valence-corrected chi connectivity index (χ2v) is 9.39. The first-order valence-electron chi connectivity index (χ1n) is 11.4. The van der Waals surface area contributed by atoms with E-state index >= 15 is 0 Å². The highest BCUT2D eigenvalue weighted by molar-refractivity contribution is 5.71. The van der Waals surface area contributed by atoms with Crippen molar-refractivity contribution in [3.05, 3.63) is 48.3 Å². The number of ether oxygens (including phenoxy) is 2. The third-order valence-electron chi connectivity index (χ3n) is 5.64. The molecule has 0 spiro atoms. The molecule has 0 aliphatic carbocycles. The van der Waals surface area contributed by atoms with Crippen molar-refractivity contribution in [3.8, 4) is 5.75 Å². The predicted octanol–water partition coefficient (Wildman–Crippen LogP) is 6.43. The second kappa shape index (κ2) is 10.1. The van der Waals surface area contributed by atoms with Crippen LogP contribution in [0.5, 0.6) is 5.75 Å². The Hall–Kier alpha value is -2.97. The number of carbonyl (C=O) groups is 1. The molecule has 0 radical (unpaired) electrons. The lowest BCUT2D eigenvalue weighted by molar-refractivity contribution is -0.137. The lowest BCUT2D eigenvalue weighted by Gasteiger charge is -2.43. The number of benzene rings is 1. The van der Waals surface area contributed by atoms with Gasteiger partial charge in [-0.1, -0.05) is 0 Å². The summed E-state index contributed by atoms with van der Waals surface area (Å²) in [6, 6.07) is 6.63. The Labute approximate surface area is 198 Å². The summed E-state index contributed by atoms with van der Waals surface area (Å²) in [6.07, 6.45) is -0.301. The molecule has 0 N–H and O–H groups in total. The van der Waals surface area contributed by atoms with Crippen LogP contribution in [0.3, 0.4) is 0 Å². The van der Waals surface area contributed by atoms with Crippen molar-refractivity contribution in [2.45, 2.75) is 71.3 Å². The van der Waals surface area contributed by atoms with Gasteiger partial charge in [-0.05, 0) is 71.7 Å². The van der Waals surface area contributed by atoms with Gasteiger partial charge in [0.05, 0.1) is 18.4 Å². The van der Waals surface area contributed by atoms with Crippen molar-refractivity contribution < 1.29 is 27.4 Å². The van der Waals surface area contributed by atoms with Crippen LogP contribution in [0.25, 0.3) is 0 Å². The standard InChI is InChI=1S/C25H32F3N3O3/c1-6-33-22-11-13-29-16-21(22)31(19-9-7-18(8-10-19)25(26,27)28)20-12-14-30(17(2)15-20)23(32)34-24(3,4)5/h7-11,13,16-17,20H,6,12,14-15H2,1-5H3. The van der Waals surface area contributed by atoms with Crippen LogP contribution in [0, 0.1) is 0 Å². The SMILES string of the molecule is CCOc1ccncc1N(c1ccc(C(F)(F)F)cc1)C1CCN(C(=O)OC(C)(C)C)C(C)C1. The highest BCUT2D eigenvalue weighted by Gasteiger charge is 2.36. The number of rotatable bonds is 5. The first kappa shape index (κ1) is 25.6. The molecule has 1 aromatic carbocycles. The van der Waals surface area contributed by atoms with Crippen molar-refractivity contribution in [2.75, 3.05) is 18.1 Å². The van der Waals surface area contributed by atoms with E-state index in [1.807, 2.05) is 39.5 Å². The number of likely N-dealkylation sites (tertiary alicyclic amines) is 1. The maximum atomic E-state index is 13.2. The van der Waals surface area contributed by atoms with Gasteiger partial charge >= 0.3 is 12.3 Å². The van der Waals surface area contributed by atoms with Crippen LogP contribution in [-0.2, 0) is 10.9 Å². The lowest BCUT2D eigenvalue weighted by Crippen LogP contribution is -2.51. The van der Waals surface area contributed by atoms with Crippen LogP contribution >= 0.6 is 0 Å². The van der Waals surface area contributed by atoms with Crippen LogP contribution in [0.2, 0.25) is 0 Å². The number of halogens is 3. The summed E-state index contributed by atoms with van der Waals surface area (Å²) in [5.74, 6) is 0.597. The number of alkyl halides is 3. The van der Waals surface area contributed by atoms with Gasteiger partial charge in [-0.2, -0.15) is 13.2 Å². The molecule has 0 bridgehead atoms. The van der Waals surface area contributed by atoms with E-state index in [0.717, 1.165) is 12.1 Å². The van der Waals surface area contributed by atoms with E-state index in [1.165, 1.54) is 12.1 Å². The van der Waals surface area contributed by atoms with Crippen molar-refractivity contribution >= 4 is 17.5 Å². The van der Waals surface area contributed by atoms with E-state index in [4.69, 9.17) is 9.47 Å². The minimum atomic E-state index is -4.42. The minimum Gasteiger partial charge on any atom is -0.492 e. The summed E-state index contributed by atoms with van der Waals surface area (Å²) in [5.41, 5.74) is -0.0282. The Morgan fingerprint density at radius 3 is 2.41 bits per heavy atom.